The third kappa shape index (κ3) is 4.35. The van der Waals surface area contributed by atoms with Crippen molar-refractivity contribution in [2.24, 2.45) is 0 Å². The van der Waals surface area contributed by atoms with Crippen LogP contribution in [0.5, 0.6) is 5.75 Å². The summed E-state index contributed by atoms with van der Waals surface area (Å²) in [7, 11) is 5.57. The summed E-state index contributed by atoms with van der Waals surface area (Å²) in [6, 6.07) is 15.8. The van der Waals surface area contributed by atoms with Gasteiger partial charge in [-0.1, -0.05) is 24.3 Å². The first-order chi connectivity index (χ1) is 16.5. The SMILES string of the molecule is COc1cccc2cc(C(=O)NC3CCC(Nc4nc(N(C)C)c5ccccc5n4)CC3)oc12. The lowest BCUT2D eigenvalue weighted by Crippen LogP contribution is -2.40. The number of ether oxygens (including phenoxy) is 1. The molecule has 5 rings (SSSR count). The van der Waals surface area contributed by atoms with Crippen molar-refractivity contribution in [3.63, 3.8) is 0 Å². The Morgan fingerprint density at radius 3 is 2.56 bits per heavy atom. The molecule has 1 fully saturated rings. The van der Waals surface area contributed by atoms with Crippen molar-refractivity contribution in [2.45, 2.75) is 37.8 Å². The highest BCUT2D eigenvalue weighted by molar-refractivity contribution is 5.97. The van der Waals surface area contributed by atoms with E-state index in [1.165, 1.54) is 0 Å². The van der Waals surface area contributed by atoms with E-state index < -0.39 is 0 Å². The Bertz CT molecular complexity index is 1320. The zero-order chi connectivity index (χ0) is 23.7. The number of fused-ring (bicyclic) bond motifs is 2. The number of furan rings is 1. The van der Waals surface area contributed by atoms with Gasteiger partial charge in [0.15, 0.2) is 17.1 Å². The Balaban J connectivity index is 1.21. The molecule has 1 aliphatic rings. The highest BCUT2D eigenvalue weighted by Crippen LogP contribution is 2.29. The number of benzene rings is 2. The number of nitrogens with one attached hydrogen (secondary N) is 2. The van der Waals surface area contributed by atoms with E-state index in [1.54, 1.807) is 13.2 Å². The second-order valence-corrected chi connectivity index (χ2v) is 8.94. The smallest absolute Gasteiger partial charge is 0.287 e. The van der Waals surface area contributed by atoms with Gasteiger partial charge in [-0.3, -0.25) is 4.79 Å². The van der Waals surface area contributed by atoms with Crippen molar-refractivity contribution < 1.29 is 13.9 Å². The highest BCUT2D eigenvalue weighted by atomic mass is 16.5. The number of carbonyl (C=O) groups is 1. The minimum atomic E-state index is -0.192. The predicted octanol–water partition coefficient (Wildman–Crippen LogP) is 4.60. The normalized spacial score (nSPS) is 18.1. The van der Waals surface area contributed by atoms with Gasteiger partial charge in [0.1, 0.15) is 5.82 Å². The van der Waals surface area contributed by atoms with Crippen LogP contribution in [0.2, 0.25) is 0 Å². The maximum absolute atomic E-state index is 12.8. The first-order valence-electron chi connectivity index (χ1n) is 11.6. The Morgan fingerprint density at radius 2 is 1.79 bits per heavy atom. The molecule has 34 heavy (non-hydrogen) atoms. The summed E-state index contributed by atoms with van der Waals surface area (Å²) in [5, 5.41) is 8.52. The number of hydrogen-bond donors (Lipinski definition) is 2. The molecule has 176 valence electrons. The highest BCUT2D eigenvalue weighted by Gasteiger charge is 2.25. The third-order valence-corrected chi connectivity index (χ3v) is 6.35. The summed E-state index contributed by atoms with van der Waals surface area (Å²) in [5.74, 6) is 2.28. The van der Waals surface area contributed by atoms with Gasteiger partial charge >= 0.3 is 0 Å². The standard InChI is InChI=1S/C26H29N5O3/c1-31(2)24-19-8-4-5-9-20(19)29-26(30-24)28-18-13-11-17(12-14-18)27-25(32)22-15-16-7-6-10-21(33-3)23(16)34-22/h4-10,15,17-18H,11-14H2,1-3H3,(H,27,32)(H,28,29,30). The van der Waals surface area contributed by atoms with Crippen LogP contribution >= 0.6 is 0 Å². The Hall–Kier alpha value is -3.81. The van der Waals surface area contributed by atoms with Gasteiger partial charge in [-0.2, -0.15) is 4.98 Å². The van der Waals surface area contributed by atoms with Crippen LogP contribution in [-0.4, -0.2) is 49.2 Å². The van der Waals surface area contributed by atoms with Gasteiger partial charge in [0.25, 0.3) is 5.91 Å². The summed E-state index contributed by atoms with van der Waals surface area (Å²) in [6.07, 6.45) is 3.60. The molecule has 8 heteroatoms. The van der Waals surface area contributed by atoms with E-state index >= 15 is 0 Å². The zero-order valence-electron chi connectivity index (χ0n) is 19.7. The largest absolute Gasteiger partial charge is 0.493 e. The van der Waals surface area contributed by atoms with Crippen LogP contribution in [0.25, 0.3) is 21.9 Å². The van der Waals surface area contributed by atoms with E-state index in [4.69, 9.17) is 19.1 Å². The number of rotatable bonds is 6. The van der Waals surface area contributed by atoms with Crippen LogP contribution in [0, 0.1) is 0 Å². The van der Waals surface area contributed by atoms with Gasteiger partial charge < -0.3 is 24.7 Å². The van der Waals surface area contributed by atoms with Crippen LogP contribution in [0.4, 0.5) is 11.8 Å². The maximum Gasteiger partial charge on any atom is 0.287 e. The number of anilines is 2. The van der Waals surface area contributed by atoms with Crippen molar-refractivity contribution in [2.75, 3.05) is 31.4 Å². The van der Waals surface area contributed by atoms with E-state index in [9.17, 15) is 4.79 Å². The second kappa shape index (κ2) is 9.21. The Morgan fingerprint density at radius 1 is 1.03 bits per heavy atom. The number of carbonyl (C=O) groups excluding carboxylic acids is 1. The van der Waals surface area contributed by atoms with Crippen molar-refractivity contribution in [3.8, 4) is 5.75 Å². The number of hydrogen-bond acceptors (Lipinski definition) is 7. The first-order valence-corrected chi connectivity index (χ1v) is 11.6. The van der Waals surface area contributed by atoms with Crippen LogP contribution in [0.3, 0.4) is 0 Å². The average Bonchev–Trinajstić information content (AvgIpc) is 3.29. The zero-order valence-corrected chi connectivity index (χ0v) is 19.7. The van der Waals surface area contributed by atoms with Crippen molar-refractivity contribution >= 4 is 39.5 Å². The molecule has 0 atom stereocenters. The second-order valence-electron chi connectivity index (χ2n) is 8.94. The van der Waals surface area contributed by atoms with Crippen LogP contribution in [0.1, 0.15) is 36.2 Å². The van der Waals surface area contributed by atoms with Gasteiger partial charge in [-0.15, -0.1) is 0 Å². The van der Waals surface area contributed by atoms with Crippen molar-refractivity contribution in [1.82, 2.24) is 15.3 Å². The molecule has 2 aromatic heterocycles. The minimum absolute atomic E-state index is 0.107. The molecular formula is C26H29N5O3. The minimum Gasteiger partial charge on any atom is -0.493 e. The van der Waals surface area contributed by atoms with E-state index in [2.05, 4.69) is 10.6 Å². The molecule has 2 N–H and O–H groups in total. The van der Waals surface area contributed by atoms with E-state index in [-0.39, 0.29) is 18.0 Å². The van der Waals surface area contributed by atoms with Crippen molar-refractivity contribution in [3.05, 3.63) is 54.3 Å². The molecule has 2 heterocycles. The van der Waals surface area contributed by atoms with Gasteiger partial charge in [0.2, 0.25) is 5.95 Å². The molecule has 1 saturated carbocycles. The van der Waals surface area contributed by atoms with E-state index in [0.717, 1.165) is 47.8 Å². The molecule has 0 radical (unpaired) electrons. The predicted molar refractivity (Wildman–Crippen MR) is 134 cm³/mol. The molecule has 1 aliphatic carbocycles. The molecule has 0 bridgehead atoms. The van der Waals surface area contributed by atoms with Gasteiger partial charge in [0, 0.05) is 37.0 Å². The molecule has 1 amide bonds. The summed E-state index contributed by atoms with van der Waals surface area (Å²) in [4.78, 5) is 24.3. The van der Waals surface area contributed by atoms with Crippen molar-refractivity contribution in [1.29, 1.82) is 0 Å². The molecule has 0 unspecified atom stereocenters. The molecule has 0 aliphatic heterocycles. The summed E-state index contributed by atoms with van der Waals surface area (Å²) >= 11 is 0. The summed E-state index contributed by atoms with van der Waals surface area (Å²) in [5.41, 5.74) is 1.52. The molecular weight excluding hydrogens is 430 g/mol. The maximum atomic E-state index is 12.8. The fourth-order valence-corrected chi connectivity index (χ4v) is 4.60. The number of methoxy groups -OCH3 is 1. The summed E-state index contributed by atoms with van der Waals surface area (Å²) in [6.45, 7) is 0. The molecule has 0 saturated heterocycles. The van der Waals surface area contributed by atoms with E-state index in [1.807, 2.05) is 61.5 Å². The van der Waals surface area contributed by atoms with Gasteiger partial charge in [0.05, 0.1) is 12.6 Å². The number of aromatic nitrogens is 2. The lowest BCUT2D eigenvalue weighted by molar-refractivity contribution is 0.0900. The number of amides is 1. The Kier molecular flexibility index (Phi) is 5.96. The molecule has 0 spiro atoms. The van der Waals surface area contributed by atoms with E-state index in [0.29, 0.717) is 23.0 Å². The number of para-hydroxylation sites is 2. The fourth-order valence-electron chi connectivity index (χ4n) is 4.60. The van der Waals surface area contributed by atoms with Gasteiger partial charge in [-0.05, 0) is 49.9 Å². The lowest BCUT2D eigenvalue weighted by atomic mass is 9.91. The molecule has 4 aromatic rings. The fraction of sp³-hybridized carbons (Fsp3) is 0.346. The van der Waals surface area contributed by atoms with Crippen LogP contribution in [-0.2, 0) is 0 Å². The van der Waals surface area contributed by atoms with Crippen LogP contribution < -0.4 is 20.3 Å². The topological polar surface area (TPSA) is 92.5 Å². The van der Waals surface area contributed by atoms with Gasteiger partial charge in [-0.25, -0.2) is 4.98 Å². The van der Waals surface area contributed by atoms with Crippen LogP contribution in [0.15, 0.2) is 52.9 Å². The molecule has 8 nitrogen and oxygen atoms in total. The first kappa shape index (κ1) is 22.0. The number of nitrogens with zero attached hydrogens (tertiary/aromatic N) is 3. The molecule has 2 aromatic carbocycles. The monoisotopic (exact) mass is 459 g/mol. The summed E-state index contributed by atoms with van der Waals surface area (Å²) < 4.78 is 11.1. The lowest BCUT2D eigenvalue weighted by Gasteiger charge is -2.29. The quantitative estimate of drug-likeness (QED) is 0.435. The third-order valence-electron chi connectivity index (χ3n) is 6.35. The average molecular weight is 460 g/mol. The Labute approximate surface area is 198 Å².